The average molecular weight is 632 g/mol. The van der Waals surface area contributed by atoms with E-state index >= 15 is 0 Å². The number of halogens is 1. The van der Waals surface area contributed by atoms with Gasteiger partial charge in [-0.1, -0.05) is 58.4 Å². The summed E-state index contributed by atoms with van der Waals surface area (Å²) in [4.78, 5) is 29.3. The third kappa shape index (κ3) is 4.71. The van der Waals surface area contributed by atoms with Crippen molar-refractivity contribution >= 4 is 60.6 Å². The number of rotatable bonds is 6. The molecule has 0 saturated carbocycles. The van der Waals surface area contributed by atoms with Gasteiger partial charge in [0.25, 0.3) is 11.2 Å². The zero-order valence-corrected chi connectivity index (χ0v) is 24.4. The van der Waals surface area contributed by atoms with Gasteiger partial charge in [-0.05, 0) is 55.0 Å². The number of hydrogen-bond acceptors (Lipinski definition) is 6. The third-order valence-electron chi connectivity index (χ3n) is 7.52. The van der Waals surface area contributed by atoms with E-state index in [0.717, 1.165) is 37.6 Å². The normalized spacial score (nSPS) is 11.8. The van der Waals surface area contributed by atoms with E-state index in [1.54, 1.807) is 36.5 Å². The van der Waals surface area contributed by atoms with Crippen LogP contribution in [0.25, 0.3) is 44.4 Å². The lowest BCUT2D eigenvalue weighted by Crippen LogP contribution is -2.20. The summed E-state index contributed by atoms with van der Waals surface area (Å²) in [6, 6.07) is 29.2. The highest BCUT2D eigenvalue weighted by Crippen LogP contribution is 2.30. The van der Waals surface area contributed by atoms with Gasteiger partial charge in [0.2, 0.25) is 5.82 Å². The van der Waals surface area contributed by atoms with Crippen LogP contribution in [0.15, 0.2) is 116 Å². The highest BCUT2D eigenvalue weighted by molar-refractivity contribution is 9.10. The summed E-state index contributed by atoms with van der Waals surface area (Å²) in [6.07, 6.45) is 1.69. The molecule has 0 amide bonds. The van der Waals surface area contributed by atoms with Crippen molar-refractivity contribution in [3.8, 4) is 11.6 Å². The Morgan fingerprint density at radius 1 is 0.977 bits per heavy atom. The highest BCUT2D eigenvalue weighted by Gasteiger charge is 2.18. The molecule has 0 N–H and O–H groups in total. The largest absolute Gasteiger partial charge is 0.453 e. The maximum absolute atomic E-state index is 13.8. The Balaban J connectivity index is 1.37. The van der Waals surface area contributed by atoms with Gasteiger partial charge in [-0.15, -0.1) is 0 Å². The molecule has 7 rings (SSSR count). The average Bonchev–Trinajstić information content (AvgIpc) is 3.55. The van der Waals surface area contributed by atoms with Crippen molar-refractivity contribution < 1.29 is 9.34 Å². The fraction of sp³-hybridized carbons (Fsp3) is 0.0606. The van der Waals surface area contributed by atoms with Crippen molar-refractivity contribution in [2.24, 2.45) is 5.10 Å². The predicted octanol–water partition coefficient (Wildman–Crippen LogP) is 7.67. The molecule has 4 aromatic carbocycles. The maximum Gasteiger partial charge on any atom is 0.282 e. The quantitative estimate of drug-likeness (QED) is 0.106. The number of furan rings is 1. The lowest BCUT2D eigenvalue weighted by Gasteiger charge is -2.09. The molecule has 9 nitrogen and oxygen atoms in total. The first-order valence-corrected chi connectivity index (χ1v) is 14.2. The molecule has 0 radical (unpaired) electrons. The molecule has 0 spiro atoms. The molecule has 43 heavy (non-hydrogen) atoms. The minimum Gasteiger partial charge on any atom is -0.453 e. The molecule has 0 bridgehead atoms. The van der Waals surface area contributed by atoms with Crippen LogP contribution in [0.1, 0.15) is 16.8 Å². The molecular weight excluding hydrogens is 610 g/mol. The highest BCUT2D eigenvalue weighted by atomic mass is 79.9. The number of benzene rings is 4. The summed E-state index contributed by atoms with van der Waals surface area (Å²) in [6.45, 7) is 2.50. The van der Waals surface area contributed by atoms with Crippen LogP contribution >= 0.6 is 15.9 Å². The number of nitro benzene ring substituents is 1. The second-order valence-corrected chi connectivity index (χ2v) is 11.0. The van der Waals surface area contributed by atoms with Crippen LogP contribution in [0.4, 0.5) is 5.69 Å². The molecule has 3 aromatic heterocycles. The van der Waals surface area contributed by atoms with E-state index in [1.807, 2.05) is 61.5 Å². The summed E-state index contributed by atoms with van der Waals surface area (Å²) in [5, 5.41) is 18.1. The summed E-state index contributed by atoms with van der Waals surface area (Å²) in [5.74, 6) is 0.713. The lowest BCUT2D eigenvalue weighted by atomic mass is 10.1. The van der Waals surface area contributed by atoms with E-state index in [9.17, 15) is 14.9 Å². The molecule has 0 saturated heterocycles. The second-order valence-electron chi connectivity index (χ2n) is 10.1. The molecular formula is C33H22BrN5O4. The Labute approximate surface area is 252 Å². The van der Waals surface area contributed by atoms with E-state index < -0.39 is 4.92 Å². The Bertz CT molecular complexity index is 2300. The maximum atomic E-state index is 13.8. The van der Waals surface area contributed by atoms with Gasteiger partial charge in [0.1, 0.15) is 5.58 Å². The summed E-state index contributed by atoms with van der Waals surface area (Å²) >= 11 is 3.50. The van der Waals surface area contributed by atoms with Crippen LogP contribution in [0.5, 0.6) is 0 Å². The Morgan fingerprint density at radius 2 is 1.72 bits per heavy atom. The van der Waals surface area contributed by atoms with Crippen molar-refractivity contribution in [1.82, 2.24) is 14.2 Å². The zero-order chi connectivity index (χ0) is 29.7. The topological polar surface area (TPSA) is 108 Å². The first-order valence-electron chi connectivity index (χ1n) is 13.4. The van der Waals surface area contributed by atoms with E-state index in [2.05, 4.69) is 20.5 Å². The molecule has 0 aliphatic rings. The standard InChI is InChI=1S/C33H22BrN5O4/c1-20-27(25-6-3-5-9-29(25)37(20)19-21-10-13-24(14-11-21)39(41)42)18-35-38-32(36-28-8-4-2-7-26(28)33(38)40)31-17-22-16-23(34)12-15-30(22)43-31/h2-18H,19H2,1H3. The summed E-state index contributed by atoms with van der Waals surface area (Å²) < 4.78 is 10.5. The van der Waals surface area contributed by atoms with Gasteiger partial charge in [-0.2, -0.15) is 9.78 Å². The molecule has 7 aromatic rings. The molecule has 10 heteroatoms. The number of nitro groups is 1. The van der Waals surface area contributed by atoms with Crippen molar-refractivity contribution in [1.29, 1.82) is 0 Å². The molecule has 0 aliphatic heterocycles. The van der Waals surface area contributed by atoms with Gasteiger partial charge in [-0.3, -0.25) is 14.9 Å². The van der Waals surface area contributed by atoms with Crippen LogP contribution in [-0.2, 0) is 6.54 Å². The van der Waals surface area contributed by atoms with Crippen molar-refractivity contribution in [3.63, 3.8) is 0 Å². The predicted molar refractivity (Wildman–Crippen MR) is 171 cm³/mol. The van der Waals surface area contributed by atoms with Crippen LogP contribution < -0.4 is 5.56 Å². The number of fused-ring (bicyclic) bond motifs is 3. The summed E-state index contributed by atoms with van der Waals surface area (Å²) in [7, 11) is 0. The van der Waals surface area contributed by atoms with Gasteiger partial charge < -0.3 is 8.98 Å². The summed E-state index contributed by atoms with van der Waals surface area (Å²) in [5.41, 5.74) is 4.63. The molecule has 0 aliphatic carbocycles. The number of para-hydroxylation sites is 2. The van der Waals surface area contributed by atoms with Crippen LogP contribution in [0, 0.1) is 17.0 Å². The first-order chi connectivity index (χ1) is 20.9. The Morgan fingerprint density at radius 3 is 2.51 bits per heavy atom. The molecule has 0 fully saturated rings. The minimum atomic E-state index is -0.406. The van der Waals surface area contributed by atoms with Gasteiger partial charge in [0, 0.05) is 50.7 Å². The third-order valence-corrected chi connectivity index (χ3v) is 8.02. The molecule has 210 valence electrons. The van der Waals surface area contributed by atoms with Crippen LogP contribution in [0.2, 0.25) is 0 Å². The smallest absolute Gasteiger partial charge is 0.282 e. The first kappa shape index (κ1) is 26.5. The van der Waals surface area contributed by atoms with E-state index in [1.165, 1.54) is 16.8 Å². The van der Waals surface area contributed by atoms with Gasteiger partial charge in [0.15, 0.2) is 5.76 Å². The van der Waals surface area contributed by atoms with Gasteiger partial charge in [-0.25, -0.2) is 4.98 Å². The fourth-order valence-electron chi connectivity index (χ4n) is 5.36. The minimum absolute atomic E-state index is 0.0491. The van der Waals surface area contributed by atoms with Gasteiger partial charge in [0.05, 0.1) is 22.0 Å². The number of non-ortho nitro benzene ring substituents is 1. The van der Waals surface area contributed by atoms with Crippen molar-refractivity contribution in [3.05, 3.63) is 139 Å². The molecule has 3 heterocycles. The number of nitrogens with zero attached hydrogens (tertiary/aromatic N) is 5. The molecule has 0 unspecified atom stereocenters. The van der Waals surface area contributed by atoms with Crippen molar-refractivity contribution in [2.45, 2.75) is 13.5 Å². The lowest BCUT2D eigenvalue weighted by molar-refractivity contribution is -0.384. The van der Waals surface area contributed by atoms with Crippen LogP contribution in [-0.4, -0.2) is 25.4 Å². The number of hydrogen-bond donors (Lipinski definition) is 0. The Kier molecular flexibility index (Phi) is 6.47. The van der Waals surface area contributed by atoms with E-state index in [-0.39, 0.29) is 11.2 Å². The fourth-order valence-corrected chi connectivity index (χ4v) is 5.74. The SMILES string of the molecule is Cc1c(C=Nn2c(-c3cc4cc(Br)ccc4o3)nc3ccccc3c2=O)c2ccccc2n1Cc1ccc([N+](=O)[O-])cc1. The number of aromatic nitrogens is 3. The van der Waals surface area contributed by atoms with Crippen molar-refractivity contribution in [2.75, 3.05) is 0 Å². The second kappa shape index (κ2) is 10.5. The Hall–Kier alpha value is -5.35. The van der Waals surface area contributed by atoms with Gasteiger partial charge >= 0.3 is 0 Å². The van der Waals surface area contributed by atoms with E-state index in [4.69, 9.17) is 14.5 Å². The molecule has 0 atom stereocenters. The monoisotopic (exact) mass is 631 g/mol. The van der Waals surface area contributed by atoms with E-state index in [0.29, 0.717) is 34.6 Å². The zero-order valence-electron chi connectivity index (χ0n) is 22.8. The van der Waals surface area contributed by atoms with Crippen LogP contribution in [0.3, 0.4) is 0 Å².